The van der Waals surface area contributed by atoms with Crippen molar-refractivity contribution in [2.75, 3.05) is 6.54 Å². The molecule has 16 heavy (non-hydrogen) atoms. The maximum Gasteiger partial charge on any atom is 0.255 e. The van der Waals surface area contributed by atoms with E-state index in [1.54, 1.807) is 0 Å². The third-order valence-corrected chi connectivity index (χ3v) is 4.34. The largest absolute Gasteiger partial charge is 0.336 e. The minimum atomic E-state index is 0.149. The van der Waals surface area contributed by atoms with Gasteiger partial charge in [0.15, 0.2) is 0 Å². The van der Waals surface area contributed by atoms with Crippen LogP contribution in [0.5, 0.6) is 0 Å². The molecule has 86 valence electrons. The van der Waals surface area contributed by atoms with E-state index in [4.69, 9.17) is 0 Å². The predicted octanol–water partition coefficient (Wildman–Crippen LogP) is 3.68. The molecule has 0 aromatic heterocycles. The van der Waals surface area contributed by atoms with E-state index in [2.05, 4.69) is 45.4 Å². The molecule has 0 N–H and O–H groups in total. The van der Waals surface area contributed by atoms with E-state index >= 15 is 0 Å². The van der Waals surface area contributed by atoms with Gasteiger partial charge in [0.25, 0.3) is 5.91 Å². The Labute approximate surface area is 118 Å². The zero-order valence-electron chi connectivity index (χ0n) is 9.04. The molecule has 1 aromatic carbocycles. The van der Waals surface area contributed by atoms with Gasteiger partial charge in [-0.25, -0.2) is 0 Å². The van der Waals surface area contributed by atoms with Crippen molar-refractivity contribution in [1.82, 2.24) is 4.90 Å². The summed E-state index contributed by atoms with van der Waals surface area (Å²) in [6.45, 7) is 3.00. The molecule has 1 saturated heterocycles. The molecule has 4 heteroatoms. The average Bonchev–Trinajstić information content (AvgIpc) is 2.67. The van der Waals surface area contributed by atoms with Crippen LogP contribution in [0.25, 0.3) is 0 Å². The molecule has 1 aromatic rings. The predicted molar refractivity (Wildman–Crippen MR) is 76.6 cm³/mol. The molecule has 2 nitrogen and oxygen atoms in total. The fourth-order valence-electron chi connectivity index (χ4n) is 2.05. The van der Waals surface area contributed by atoms with Gasteiger partial charge >= 0.3 is 0 Å². The third kappa shape index (κ3) is 2.42. The van der Waals surface area contributed by atoms with Crippen molar-refractivity contribution < 1.29 is 4.79 Å². The molecule has 0 saturated carbocycles. The average molecular weight is 394 g/mol. The number of rotatable bonds is 1. The van der Waals surface area contributed by atoms with Crippen LogP contribution in [0.2, 0.25) is 0 Å². The monoisotopic (exact) mass is 393 g/mol. The van der Waals surface area contributed by atoms with Gasteiger partial charge in [-0.15, -0.1) is 0 Å². The summed E-state index contributed by atoms with van der Waals surface area (Å²) in [5.74, 6) is 0.149. The number of amides is 1. The van der Waals surface area contributed by atoms with E-state index in [0.717, 1.165) is 33.0 Å². The summed E-state index contributed by atoms with van der Waals surface area (Å²) in [6, 6.07) is 6.25. The molecule has 1 aliphatic rings. The zero-order chi connectivity index (χ0) is 11.7. The Balaban J connectivity index is 2.29. The molecule has 1 atom stereocenters. The van der Waals surface area contributed by atoms with E-state index in [9.17, 15) is 4.79 Å². The van der Waals surface area contributed by atoms with Crippen LogP contribution >= 0.6 is 38.5 Å². The van der Waals surface area contributed by atoms with Crippen LogP contribution in [-0.4, -0.2) is 23.4 Å². The molecule has 1 heterocycles. The maximum atomic E-state index is 12.3. The topological polar surface area (TPSA) is 20.3 Å². The number of carbonyl (C=O) groups is 1. The number of likely N-dealkylation sites (tertiary alicyclic amines) is 1. The highest BCUT2D eigenvalue weighted by Crippen LogP contribution is 2.25. The highest BCUT2D eigenvalue weighted by Gasteiger charge is 2.27. The maximum absolute atomic E-state index is 12.3. The van der Waals surface area contributed by atoms with Crippen LogP contribution in [0.15, 0.2) is 22.7 Å². The Morgan fingerprint density at radius 3 is 2.94 bits per heavy atom. The van der Waals surface area contributed by atoms with Gasteiger partial charge in [-0.2, -0.15) is 0 Å². The van der Waals surface area contributed by atoms with E-state index < -0.39 is 0 Å². The molecule has 1 aliphatic heterocycles. The number of hydrogen-bond donors (Lipinski definition) is 0. The first-order valence-electron chi connectivity index (χ1n) is 5.35. The fraction of sp³-hybridized carbons (Fsp3) is 0.417. The van der Waals surface area contributed by atoms with E-state index in [1.807, 2.05) is 23.1 Å². The summed E-state index contributed by atoms with van der Waals surface area (Å²) in [6.07, 6.45) is 2.24. The van der Waals surface area contributed by atoms with Crippen LogP contribution in [0.3, 0.4) is 0 Å². The van der Waals surface area contributed by atoms with Gasteiger partial charge < -0.3 is 4.90 Å². The summed E-state index contributed by atoms with van der Waals surface area (Å²) in [5.41, 5.74) is 0.778. The minimum Gasteiger partial charge on any atom is -0.336 e. The molecule has 1 unspecified atom stereocenters. The van der Waals surface area contributed by atoms with Crippen molar-refractivity contribution in [3.63, 3.8) is 0 Å². The molecular formula is C12H13BrINO. The Hall–Kier alpha value is -0.100. The second-order valence-corrected chi connectivity index (χ2v) is 6.21. The van der Waals surface area contributed by atoms with Gasteiger partial charge in [0.05, 0.1) is 5.56 Å². The third-order valence-electron chi connectivity index (χ3n) is 2.97. The number of hydrogen-bond acceptors (Lipinski definition) is 1. The van der Waals surface area contributed by atoms with Gasteiger partial charge in [0.1, 0.15) is 0 Å². The SMILES string of the molecule is CC1CCCN1C(=O)c1cc(I)ccc1Br. The molecule has 0 bridgehead atoms. The zero-order valence-corrected chi connectivity index (χ0v) is 12.8. The molecule has 1 amide bonds. The standard InChI is InChI=1S/C12H13BrINO/c1-8-3-2-6-15(8)12(16)10-7-9(14)4-5-11(10)13/h4-5,7-8H,2-3,6H2,1H3. The number of benzene rings is 1. The Morgan fingerprint density at radius 2 is 2.31 bits per heavy atom. The second-order valence-electron chi connectivity index (χ2n) is 4.11. The summed E-state index contributed by atoms with van der Waals surface area (Å²) in [7, 11) is 0. The van der Waals surface area contributed by atoms with Crippen molar-refractivity contribution in [2.24, 2.45) is 0 Å². The highest BCUT2D eigenvalue weighted by atomic mass is 127. The lowest BCUT2D eigenvalue weighted by atomic mass is 10.2. The Bertz CT molecular complexity index is 421. The van der Waals surface area contributed by atoms with Gasteiger partial charge in [0.2, 0.25) is 0 Å². The first-order valence-corrected chi connectivity index (χ1v) is 7.23. The fourth-order valence-corrected chi connectivity index (χ4v) is 2.96. The van der Waals surface area contributed by atoms with Crippen molar-refractivity contribution in [3.05, 3.63) is 31.8 Å². The van der Waals surface area contributed by atoms with Crippen LogP contribution in [-0.2, 0) is 0 Å². The van der Waals surface area contributed by atoms with E-state index in [1.165, 1.54) is 0 Å². The van der Waals surface area contributed by atoms with E-state index in [-0.39, 0.29) is 5.91 Å². The lowest BCUT2D eigenvalue weighted by Gasteiger charge is -2.22. The van der Waals surface area contributed by atoms with Gasteiger partial charge in [-0.05, 0) is 76.5 Å². The Morgan fingerprint density at radius 1 is 1.56 bits per heavy atom. The van der Waals surface area contributed by atoms with Crippen LogP contribution < -0.4 is 0 Å². The first-order chi connectivity index (χ1) is 7.59. The van der Waals surface area contributed by atoms with Crippen LogP contribution in [0.1, 0.15) is 30.1 Å². The molecular weight excluding hydrogens is 381 g/mol. The summed E-state index contributed by atoms with van der Waals surface area (Å²) in [4.78, 5) is 14.3. The summed E-state index contributed by atoms with van der Waals surface area (Å²) < 4.78 is 1.98. The molecule has 0 aliphatic carbocycles. The summed E-state index contributed by atoms with van der Waals surface area (Å²) in [5, 5.41) is 0. The van der Waals surface area contributed by atoms with Gasteiger partial charge in [0, 0.05) is 20.6 Å². The number of nitrogens with zero attached hydrogens (tertiary/aromatic N) is 1. The van der Waals surface area contributed by atoms with E-state index in [0.29, 0.717) is 6.04 Å². The second kappa shape index (κ2) is 5.04. The van der Waals surface area contributed by atoms with Crippen LogP contribution in [0, 0.1) is 3.57 Å². The van der Waals surface area contributed by atoms with Crippen molar-refractivity contribution >= 4 is 44.4 Å². The van der Waals surface area contributed by atoms with Crippen LogP contribution in [0.4, 0.5) is 0 Å². The van der Waals surface area contributed by atoms with Crippen molar-refractivity contribution in [3.8, 4) is 0 Å². The normalized spacial score (nSPS) is 20.2. The number of halogens is 2. The van der Waals surface area contributed by atoms with Crippen molar-refractivity contribution in [1.29, 1.82) is 0 Å². The summed E-state index contributed by atoms with van der Waals surface area (Å²) >= 11 is 5.68. The molecule has 1 fully saturated rings. The lowest BCUT2D eigenvalue weighted by molar-refractivity contribution is 0.0746. The van der Waals surface area contributed by atoms with Crippen molar-refractivity contribution in [2.45, 2.75) is 25.8 Å². The Kier molecular flexibility index (Phi) is 3.89. The smallest absolute Gasteiger partial charge is 0.255 e. The van der Waals surface area contributed by atoms with Gasteiger partial charge in [-0.1, -0.05) is 0 Å². The molecule has 0 spiro atoms. The quantitative estimate of drug-likeness (QED) is 0.666. The number of carbonyl (C=O) groups excluding carboxylic acids is 1. The molecule has 2 rings (SSSR count). The minimum absolute atomic E-state index is 0.149. The molecule has 0 radical (unpaired) electrons. The highest BCUT2D eigenvalue weighted by molar-refractivity contribution is 14.1. The lowest BCUT2D eigenvalue weighted by Crippen LogP contribution is -2.33. The van der Waals surface area contributed by atoms with Gasteiger partial charge in [-0.3, -0.25) is 4.79 Å². The first kappa shape index (κ1) is 12.4.